The molecule has 0 saturated heterocycles. The molecule has 0 aliphatic heterocycles. The molecule has 1 rings (SSSR count). The summed E-state index contributed by atoms with van der Waals surface area (Å²) in [6.07, 6.45) is 4.11. The van der Waals surface area contributed by atoms with E-state index in [-0.39, 0.29) is 12.0 Å². The number of hydrogen-bond donors (Lipinski definition) is 1. The zero-order valence-electron chi connectivity index (χ0n) is 9.33. The minimum absolute atomic E-state index is 0.193. The van der Waals surface area contributed by atoms with E-state index in [2.05, 4.69) is 0 Å². The van der Waals surface area contributed by atoms with Gasteiger partial charge in [0.1, 0.15) is 0 Å². The Morgan fingerprint density at radius 1 is 1.36 bits per heavy atom. The minimum Gasteiger partial charge on any atom is -0.343 e. The van der Waals surface area contributed by atoms with E-state index in [0.717, 1.165) is 38.8 Å². The molecule has 1 amide bonds. The third-order valence-electron chi connectivity index (χ3n) is 3.14. The van der Waals surface area contributed by atoms with Gasteiger partial charge in [0, 0.05) is 25.0 Å². The molecule has 0 bridgehead atoms. The van der Waals surface area contributed by atoms with Crippen LogP contribution in [0.5, 0.6) is 0 Å². The molecular weight excluding hydrogens is 176 g/mol. The summed E-state index contributed by atoms with van der Waals surface area (Å²) in [7, 11) is 0. The topological polar surface area (TPSA) is 46.3 Å². The van der Waals surface area contributed by atoms with Gasteiger partial charge in [0.2, 0.25) is 5.91 Å². The van der Waals surface area contributed by atoms with Crippen LogP contribution < -0.4 is 5.73 Å². The number of carbonyl (C=O) groups excluding carboxylic acids is 1. The van der Waals surface area contributed by atoms with Crippen LogP contribution in [0, 0.1) is 5.92 Å². The van der Waals surface area contributed by atoms with E-state index in [1.165, 1.54) is 0 Å². The lowest BCUT2D eigenvalue weighted by Gasteiger charge is -2.30. The Bertz CT molecular complexity index is 190. The molecule has 1 aliphatic carbocycles. The monoisotopic (exact) mass is 198 g/mol. The van der Waals surface area contributed by atoms with Crippen LogP contribution >= 0.6 is 0 Å². The van der Waals surface area contributed by atoms with Gasteiger partial charge in [-0.1, -0.05) is 6.42 Å². The first kappa shape index (κ1) is 11.5. The van der Waals surface area contributed by atoms with Crippen molar-refractivity contribution in [1.29, 1.82) is 0 Å². The summed E-state index contributed by atoms with van der Waals surface area (Å²) in [5, 5.41) is 0. The van der Waals surface area contributed by atoms with Crippen LogP contribution in [0.15, 0.2) is 0 Å². The fourth-order valence-corrected chi connectivity index (χ4v) is 2.25. The van der Waals surface area contributed by atoms with Crippen molar-refractivity contribution in [2.24, 2.45) is 11.7 Å². The predicted octanol–water partition coefficient (Wildman–Crippen LogP) is 1.37. The molecule has 0 spiro atoms. The van der Waals surface area contributed by atoms with Crippen molar-refractivity contribution in [2.75, 3.05) is 13.1 Å². The second kappa shape index (κ2) is 5.35. The number of hydrogen-bond acceptors (Lipinski definition) is 2. The van der Waals surface area contributed by atoms with Crippen molar-refractivity contribution in [3.05, 3.63) is 0 Å². The van der Waals surface area contributed by atoms with Crippen LogP contribution in [0.3, 0.4) is 0 Å². The standard InChI is InChI=1S/C11H22N2O/c1-3-13(4-2)11(14)9-6-5-7-10(12)8-9/h9-10H,3-8,12H2,1-2H3/t9-,10+/m1/s1. The Labute approximate surface area is 86.6 Å². The quantitative estimate of drug-likeness (QED) is 0.744. The number of rotatable bonds is 3. The van der Waals surface area contributed by atoms with Crippen LogP contribution in [0.4, 0.5) is 0 Å². The van der Waals surface area contributed by atoms with Crippen molar-refractivity contribution in [3.8, 4) is 0 Å². The maximum Gasteiger partial charge on any atom is 0.225 e. The van der Waals surface area contributed by atoms with E-state index in [0.29, 0.717) is 5.91 Å². The van der Waals surface area contributed by atoms with Gasteiger partial charge in [-0.15, -0.1) is 0 Å². The summed E-state index contributed by atoms with van der Waals surface area (Å²) in [5.74, 6) is 0.504. The highest BCUT2D eigenvalue weighted by Crippen LogP contribution is 2.24. The lowest BCUT2D eigenvalue weighted by molar-refractivity contribution is -0.136. The molecule has 0 unspecified atom stereocenters. The molecule has 0 aromatic rings. The molecule has 2 atom stereocenters. The lowest BCUT2D eigenvalue weighted by atomic mass is 9.85. The maximum atomic E-state index is 12.0. The highest BCUT2D eigenvalue weighted by Gasteiger charge is 2.27. The van der Waals surface area contributed by atoms with Crippen LogP contribution in [0.25, 0.3) is 0 Å². The van der Waals surface area contributed by atoms with E-state index in [1.54, 1.807) is 0 Å². The Balaban J connectivity index is 2.50. The molecule has 82 valence electrons. The van der Waals surface area contributed by atoms with Gasteiger partial charge in [-0.05, 0) is 33.1 Å². The average molecular weight is 198 g/mol. The van der Waals surface area contributed by atoms with Gasteiger partial charge < -0.3 is 10.6 Å². The van der Waals surface area contributed by atoms with Gasteiger partial charge in [0.05, 0.1) is 0 Å². The highest BCUT2D eigenvalue weighted by atomic mass is 16.2. The summed E-state index contributed by atoms with van der Waals surface area (Å²) in [5.41, 5.74) is 5.88. The molecule has 0 aromatic carbocycles. The molecule has 3 nitrogen and oxygen atoms in total. The van der Waals surface area contributed by atoms with Gasteiger partial charge in [0.15, 0.2) is 0 Å². The molecule has 0 radical (unpaired) electrons. The average Bonchev–Trinajstić information content (AvgIpc) is 2.19. The zero-order valence-corrected chi connectivity index (χ0v) is 9.33. The summed E-state index contributed by atoms with van der Waals surface area (Å²) < 4.78 is 0. The first-order valence-electron chi connectivity index (χ1n) is 5.73. The summed E-state index contributed by atoms with van der Waals surface area (Å²) >= 11 is 0. The van der Waals surface area contributed by atoms with E-state index >= 15 is 0 Å². The Kier molecular flexibility index (Phi) is 4.39. The summed E-state index contributed by atoms with van der Waals surface area (Å²) in [4.78, 5) is 13.9. The van der Waals surface area contributed by atoms with Gasteiger partial charge >= 0.3 is 0 Å². The van der Waals surface area contributed by atoms with E-state index in [4.69, 9.17) is 5.73 Å². The summed E-state index contributed by atoms with van der Waals surface area (Å²) in [6.45, 7) is 5.70. The Hall–Kier alpha value is -0.570. The van der Waals surface area contributed by atoms with Crippen molar-refractivity contribution < 1.29 is 4.79 Å². The van der Waals surface area contributed by atoms with Gasteiger partial charge in [-0.2, -0.15) is 0 Å². The first-order chi connectivity index (χ1) is 6.69. The molecule has 3 heteroatoms. The minimum atomic E-state index is 0.193. The second-order valence-electron chi connectivity index (χ2n) is 4.13. The smallest absolute Gasteiger partial charge is 0.225 e. The van der Waals surface area contributed by atoms with Crippen molar-refractivity contribution >= 4 is 5.91 Å². The van der Waals surface area contributed by atoms with Crippen LogP contribution in [0.1, 0.15) is 39.5 Å². The Morgan fingerprint density at radius 2 is 2.00 bits per heavy atom. The zero-order chi connectivity index (χ0) is 10.6. The van der Waals surface area contributed by atoms with Crippen molar-refractivity contribution in [2.45, 2.75) is 45.6 Å². The SMILES string of the molecule is CCN(CC)C(=O)[C@@H]1CCC[C@H](N)C1. The first-order valence-corrected chi connectivity index (χ1v) is 5.73. The molecule has 1 saturated carbocycles. The largest absolute Gasteiger partial charge is 0.343 e. The van der Waals surface area contributed by atoms with Gasteiger partial charge in [0.25, 0.3) is 0 Å². The molecule has 2 N–H and O–H groups in total. The molecule has 1 aliphatic rings. The van der Waals surface area contributed by atoms with E-state index in [1.807, 2.05) is 18.7 Å². The van der Waals surface area contributed by atoms with Crippen molar-refractivity contribution in [3.63, 3.8) is 0 Å². The van der Waals surface area contributed by atoms with Crippen LogP contribution in [-0.2, 0) is 4.79 Å². The van der Waals surface area contributed by atoms with Crippen LogP contribution in [0.2, 0.25) is 0 Å². The van der Waals surface area contributed by atoms with Gasteiger partial charge in [-0.25, -0.2) is 0 Å². The number of amides is 1. The lowest BCUT2D eigenvalue weighted by Crippen LogP contribution is -2.40. The molecule has 0 aromatic heterocycles. The molecule has 1 fully saturated rings. The maximum absolute atomic E-state index is 12.0. The Morgan fingerprint density at radius 3 is 2.50 bits per heavy atom. The second-order valence-corrected chi connectivity index (χ2v) is 4.13. The summed E-state index contributed by atoms with van der Waals surface area (Å²) in [6, 6.07) is 0.244. The number of carbonyl (C=O) groups is 1. The predicted molar refractivity (Wildman–Crippen MR) is 57.9 cm³/mol. The molecule has 14 heavy (non-hydrogen) atoms. The van der Waals surface area contributed by atoms with Crippen LogP contribution in [-0.4, -0.2) is 29.9 Å². The molecule has 0 heterocycles. The fourth-order valence-electron chi connectivity index (χ4n) is 2.25. The van der Waals surface area contributed by atoms with Gasteiger partial charge in [-0.3, -0.25) is 4.79 Å². The third kappa shape index (κ3) is 2.71. The number of nitrogens with zero attached hydrogens (tertiary/aromatic N) is 1. The number of nitrogens with two attached hydrogens (primary N) is 1. The molecular formula is C11H22N2O. The third-order valence-corrected chi connectivity index (χ3v) is 3.14. The highest BCUT2D eigenvalue weighted by molar-refractivity contribution is 5.78. The van der Waals surface area contributed by atoms with E-state index < -0.39 is 0 Å². The fraction of sp³-hybridized carbons (Fsp3) is 0.909. The van der Waals surface area contributed by atoms with Crippen molar-refractivity contribution in [1.82, 2.24) is 4.90 Å². The normalized spacial score (nSPS) is 27.4. The van der Waals surface area contributed by atoms with E-state index in [9.17, 15) is 4.79 Å².